The first-order valence-corrected chi connectivity index (χ1v) is 7.63. The monoisotopic (exact) mass is 317 g/mol. The van der Waals surface area contributed by atoms with E-state index in [4.69, 9.17) is 16.3 Å². The van der Waals surface area contributed by atoms with Crippen LogP contribution in [0.1, 0.15) is 30.9 Å². The second-order valence-corrected chi connectivity index (χ2v) is 5.88. The van der Waals surface area contributed by atoms with Gasteiger partial charge in [0, 0.05) is 10.7 Å². The molecule has 0 aliphatic carbocycles. The Morgan fingerprint density at radius 2 is 1.95 bits per heavy atom. The number of amides is 1. The molecule has 2 aromatic carbocycles. The molecule has 0 saturated carbocycles. The lowest BCUT2D eigenvalue weighted by Gasteiger charge is -2.12. The van der Waals surface area contributed by atoms with Gasteiger partial charge in [0.15, 0.2) is 6.61 Å². The van der Waals surface area contributed by atoms with Gasteiger partial charge in [-0.2, -0.15) is 0 Å². The average Bonchev–Trinajstić information content (AvgIpc) is 2.50. The summed E-state index contributed by atoms with van der Waals surface area (Å²) in [6.07, 6.45) is 0. The molecular weight excluding hydrogens is 298 g/mol. The van der Waals surface area contributed by atoms with Crippen molar-refractivity contribution in [1.82, 2.24) is 0 Å². The number of carbonyl (C=O) groups is 1. The Bertz CT molecular complexity index is 668. The van der Waals surface area contributed by atoms with E-state index in [1.807, 2.05) is 37.3 Å². The summed E-state index contributed by atoms with van der Waals surface area (Å²) in [4.78, 5) is 12.0. The highest BCUT2D eigenvalue weighted by atomic mass is 35.5. The second kappa shape index (κ2) is 7.32. The zero-order valence-corrected chi connectivity index (χ0v) is 13.8. The minimum atomic E-state index is -0.208. The predicted octanol–water partition coefficient (Wildman–Crippen LogP) is 4.79. The molecule has 0 spiro atoms. The molecule has 1 N–H and O–H groups in total. The summed E-state index contributed by atoms with van der Waals surface area (Å²) in [5.41, 5.74) is 2.74. The van der Waals surface area contributed by atoms with Gasteiger partial charge in [-0.3, -0.25) is 4.79 Å². The van der Waals surface area contributed by atoms with E-state index in [0.29, 0.717) is 22.4 Å². The Hall–Kier alpha value is -2.00. The lowest BCUT2D eigenvalue weighted by molar-refractivity contribution is -0.118. The third-order valence-corrected chi connectivity index (χ3v) is 3.85. The fraction of sp³-hybridized carbons (Fsp3) is 0.278. The van der Waals surface area contributed by atoms with Crippen LogP contribution in [0.2, 0.25) is 5.02 Å². The highest BCUT2D eigenvalue weighted by molar-refractivity contribution is 6.31. The van der Waals surface area contributed by atoms with Gasteiger partial charge in [0.2, 0.25) is 0 Å². The van der Waals surface area contributed by atoms with Crippen molar-refractivity contribution in [1.29, 1.82) is 0 Å². The lowest BCUT2D eigenvalue weighted by atomic mass is 10.0. The summed E-state index contributed by atoms with van der Waals surface area (Å²) >= 11 is 6.03. The predicted molar refractivity (Wildman–Crippen MR) is 90.8 cm³/mol. The van der Waals surface area contributed by atoms with Crippen molar-refractivity contribution in [2.45, 2.75) is 26.7 Å². The molecule has 0 aliphatic heterocycles. The molecule has 0 saturated heterocycles. The van der Waals surface area contributed by atoms with Gasteiger partial charge >= 0.3 is 0 Å². The number of ether oxygens (including phenoxy) is 1. The van der Waals surface area contributed by atoms with Crippen LogP contribution in [0.5, 0.6) is 5.75 Å². The van der Waals surface area contributed by atoms with E-state index >= 15 is 0 Å². The molecule has 0 radical (unpaired) electrons. The highest BCUT2D eigenvalue weighted by Crippen LogP contribution is 2.23. The normalized spacial score (nSPS) is 10.6. The third kappa shape index (κ3) is 4.25. The van der Waals surface area contributed by atoms with Crippen molar-refractivity contribution >= 4 is 23.2 Å². The Labute approximate surface area is 136 Å². The molecule has 3 nitrogen and oxygen atoms in total. The minimum Gasteiger partial charge on any atom is -0.484 e. The van der Waals surface area contributed by atoms with Gasteiger partial charge in [0.05, 0.1) is 0 Å². The molecule has 2 rings (SSSR count). The summed E-state index contributed by atoms with van der Waals surface area (Å²) in [5, 5.41) is 3.44. The number of carbonyl (C=O) groups excluding carboxylic acids is 1. The molecule has 116 valence electrons. The first-order valence-electron chi connectivity index (χ1n) is 7.25. The zero-order chi connectivity index (χ0) is 16.1. The molecule has 1 amide bonds. The Morgan fingerprint density at radius 1 is 1.23 bits per heavy atom. The molecule has 0 heterocycles. The van der Waals surface area contributed by atoms with Crippen molar-refractivity contribution in [2.24, 2.45) is 0 Å². The van der Waals surface area contributed by atoms with E-state index in [1.165, 1.54) is 5.56 Å². The number of nitrogens with one attached hydrogen (secondary N) is 1. The van der Waals surface area contributed by atoms with Crippen LogP contribution in [0.4, 0.5) is 5.69 Å². The van der Waals surface area contributed by atoms with Gasteiger partial charge < -0.3 is 10.1 Å². The molecule has 22 heavy (non-hydrogen) atoms. The fourth-order valence-electron chi connectivity index (χ4n) is 2.04. The van der Waals surface area contributed by atoms with E-state index in [-0.39, 0.29) is 12.5 Å². The van der Waals surface area contributed by atoms with E-state index in [9.17, 15) is 4.79 Å². The zero-order valence-electron chi connectivity index (χ0n) is 13.0. The van der Waals surface area contributed by atoms with Crippen molar-refractivity contribution in [3.05, 3.63) is 58.6 Å². The number of hydrogen-bond donors (Lipinski definition) is 1. The molecule has 0 fully saturated rings. The minimum absolute atomic E-state index is 0.0342. The molecule has 0 unspecified atom stereocenters. The molecule has 0 bridgehead atoms. The largest absolute Gasteiger partial charge is 0.484 e. The first kappa shape index (κ1) is 16.4. The van der Waals surface area contributed by atoms with Crippen LogP contribution in [0.3, 0.4) is 0 Å². The molecule has 0 aliphatic rings. The van der Waals surface area contributed by atoms with Crippen molar-refractivity contribution < 1.29 is 9.53 Å². The summed E-state index contributed by atoms with van der Waals surface area (Å²) in [5.74, 6) is 0.913. The summed E-state index contributed by atoms with van der Waals surface area (Å²) < 4.78 is 5.56. The van der Waals surface area contributed by atoms with Gasteiger partial charge in [-0.05, 0) is 48.2 Å². The maximum absolute atomic E-state index is 12.0. The van der Waals surface area contributed by atoms with Crippen LogP contribution < -0.4 is 10.1 Å². The van der Waals surface area contributed by atoms with Crippen molar-refractivity contribution in [3.8, 4) is 5.75 Å². The summed E-state index contributed by atoms with van der Waals surface area (Å²) in [6, 6.07) is 13.2. The van der Waals surface area contributed by atoms with Gasteiger partial charge in [-0.25, -0.2) is 0 Å². The maximum atomic E-state index is 12.0. The summed E-state index contributed by atoms with van der Waals surface area (Å²) in [7, 11) is 0. The lowest BCUT2D eigenvalue weighted by Crippen LogP contribution is -2.20. The molecule has 4 heteroatoms. The van der Waals surface area contributed by atoms with Crippen molar-refractivity contribution in [2.75, 3.05) is 11.9 Å². The van der Waals surface area contributed by atoms with Gasteiger partial charge in [-0.15, -0.1) is 0 Å². The van der Waals surface area contributed by atoms with E-state index in [1.54, 1.807) is 12.1 Å². The van der Waals surface area contributed by atoms with Crippen LogP contribution in [0.25, 0.3) is 0 Å². The van der Waals surface area contributed by atoms with Crippen LogP contribution in [-0.4, -0.2) is 12.5 Å². The SMILES string of the molecule is Cc1c(Cl)cccc1NC(=O)COc1cccc(C(C)C)c1. The van der Waals surface area contributed by atoms with Gasteiger partial charge in [-0.1, -0.05) is 43.6 Å². The Kier molecular flexibility index (Phi) is 5.45. The molecule has 0 aromatic heterocycles. The van der Waals surface area contributed by atoms with E-state index in [0.717, 1.165) is 5.56 Å². The average molecular weight is 318 g/mol. The number of halogens is 1. The first-order chi connectivity index (χ1) is 10.5. The van der Waals surface area contributed by atoms with E-state index < -0.39 is 0 Å². The maximum Gasteiger partial charge on any atom is 0.262 e. The number of hydrogen-bond acceptors (Lipinski definition) is 2. The number of rotatable bonds is 5. The van der Waals surface area contributed by atoms with Gasteiger partial charge in [0.25, 0.3) is 5.91 Å². The highest BCUT2D eigenvalue weighted by Gasteiger charge is 2.08. The third-order valence-electron chi connectivity index (χ3n) is 3.44. The van der Waals surface area contributed by atoms with Crippen LogP contribution in [0.15, 0.2) is 42.5 Å². The summed E-state index contributed by atoms with van der Waals surface area (Å²) in [6.45, 7) is 6.07. The van der Waals surface area contributed by atoms with Gasteiger partial charge in [0.1, 0.15) is 5.75 Å². The molecular formula is C18H20ClNO2. The Balaban J connectivity index is 1.96. The van der Waals surface area contributed by atoms with Crippen LogP contribution in [0, 0.1) is 6.92 Å². The van der Waals surface area contributed by atoms with Crippen molar-refractivity contribution in [3.63, 3.8) is 0 Å². The second-order valence-electron chi connectivity index (χ2n) is 5.48. The quantitative estimate of drug-likeness (QED) is 0.861. The topological polar surface area (TPSA) is 38.3 Å². The molecule has 0 atom stereocenters. The van der Waals surface area contributed by atoms with Crippen LogP contribution in [-0.2, 0) is 4.79 Å². The fourth-order valence-corrected chi connectivity index (χ4v) is 2.22. The number of anilines is 1. The van der Waals surface area contributed by atoms with E-state index in [2.05, 4.69) is 19.2 Å². The Morgan fingerprint density at radius 3 is 2.68 bits per heavy atom. The molecule has 2 aromatic rings. The standard InChI is InChI=1S/C18H20ClNO2/c1-12(2)14-6-4-7-15(10-14)22-11-18(21)20-17-9-5-8-16(19)13(17)3/h4-10,12H,11H2,1-3H3,(H,20,21). The number of benzene rings is 2. The smallest absolute Gasteiger partial charge is 0.262 e. The van der Waals surface area contributed by atoms with Crippen LogP contribution >= 0.6 is 11.6 Å².